The van der Waals surface area contributed by atoms with Crippen LogP contribution in [0, 0.1) is 5.92 Å². The highest BCUT2D eigenvalue weighted by atomic mass is 35.5. The lowest BCUT2D eigenvalue weighted by Crippen LogP contribution is -2.47. The second-order valence-corrected chi connectivity index (χ2v) is 4.81. The number of carboxylic acids is 1. The number of rotatable bonds is 4. The van der Waals surface area contributed by atoms with Crippen molar-refractivity contribution < 1.29 is 14.7 Å². The van der Waals surface area contributed by atoms with Crippen molar-refractivity contribution in [3.63, 3.8) is 0 Å². The molecular formula is C12H13ClN2O3. The Hall–Kier alpha value is -1.75. The molecule has 5 nitrogen and oxygen atoms in total. The summed E-state index contributed by atoms with van der Waals surface area (Å²) >= 11 is 6.07. The van der Waals surface area contributed by atoms with E-state index in [4.69, 9.17) is 22.4 Å². The molecule has 0 spiro atoms. The normalized spacial score (nSPS) is 15.3. The summed E-state index contributed by atoms with van der Waals surface area (Å²) in [5.41, 5.74) is 6.33. The highest BCUT2D eigenvalue weighted by Crippen LogP contribution is 2.33. The fraction of sp³-hybridized carbons (Fsp3) is 0.333. The average molecular weight is 269 g/mol. The van der Waals surface area contributed by atoms with Crippen molar-refractivity contribution in [2.45, 2.75) is 6.42 Å². The average Bonchev–Trinajstić information content (AvgIpc) is 2.23. The zero-order valence-corrected chi connectivity index (χ0v) is 10.4. The number of halogens is 1. The van der Waals surface area contributed by atoms with Crippen LogP contribution < -0.4 is 10.6 Å². The van der Waals surface area contributed by atoms with Gasteiger partial charge in [-0.15, -0.1) is 0 Å². The third-order valence-electron chi connectivity index (χ3n) is 2.99. The Morgan fingerprint density at radius 1 is 1.44 bits per heavy atom. The molecule has 0 aromatic heterocycles. The van der Waals surface area contributed by atoms with Crippen molar-refractivity contribution in [1.82, 2.24) is 0 Å². The van der Waals surface area contributed by atoms with E-state index in [0.29, 0.717) is 23.7 Å². The molecule has 1 amide bonds. The second kappa shape index (κ2) is 4.86. The molecule has 1 heterocycles. The third-order valence-corrected chi connectivity index (χ3v) is 3.30. The Morgan fingerprint density at radius 3 is 2.61 bits per heavy atom. The number of carbonyl (C=O) groups is 2. The molecule has 1 aliphatic rings. The summed E-state index contributed by atoms with van der Waals surface area (Å²) in [6.45, 7) is 1.34. The summed E-state index contributed by atoms with van der Waals surface area (Å²) in [6, 6.07) is 4.89. The van der Waals surface area contributed by atoms with Crippen molar-refractivity contribution in [2.24, 2.45) is 11.7 Å². The number of carbonyl (C=O) groups excluding carboxylic acids is 1. The van der Waals surface area contributed by atoms with Gasteiger partial charge in [-0.2, -0.15) is 0 Å². The molecule has 6 heteroatoms. The van der Waals surface area contributed by atoms with E-state index in [1.54, 1.807) is 12.1 Å². The molecule has 1 aliphatic heterocycles. The SMILES string of the molecule is NC(=O)c1ccc(N2CC(CC(=O)O)C2)c(Cl)c1. The first-order chi connectivity index (χ1) is 8.47. The molecule has 0 unspecified atom stereocenters. The molecular weight excluding hydrogens is 256 g/mol. The lowest BCUT2D eigenvalue weighted by Gasteiger charge is -2.40. The van der Waals surface area contributed by atoms with Crippen molar-refractivity contribution in [3.05, 3.63) is 28.8 Å². The number of anilines is 1. The molecule has 1 aromatic carbocycles. The lowest BCUT2D eigenvalue weighted by molar-refractivity contribution is -0.138. The van der Waals surface area contributed by atoms with Crippen molar-refractivity contribution in [3.8, 4) is 0 Å². The smallest absolute Gasteiger partial charge is 0.303 e. The first-order valence-corrected chi connectivity index (χ1v) is 5.91. The van der Waals surface area contributed by atoms with Gasteiger partial charge in [0.1, 0.15) is 0 Å². The van der Waals surface area contributed by atoms with Gasteiger partial charge in [0.2, 0.25) is 5.91 Å². The predicted octanol–water partition coefficient (Wildman–Crippen LogP) is 1.35. The van der Waals surface area contributed by atoms with E-state index < -0.39 is 11.9 Å². The molecule has 18 heavy (non-hydrogen) atoms. The van der Waals surface area contributed by atoms with E-state index >= 15 is 0 Å². The summed E-state index contributed by atoms with van der Waals surface area (Å²) in [5, 5.41) is 9.12. The van der Waals surface area contributed by atoms with Crippen molar-refractivity contribution >= 4 is 29.2 Å². The van der Waals surface area contributed by atoms with Crippen molar-refractivity contribution in [1.29, 1.82) is 0 Å². The monoisotopic (exact) mass is 268 g/mol. The number of hydrogen-bond donors (Lipinski definition) is 2. The third kappa shape index (κ3) is 2.56. The van der Waals surface area contributed by atoms with Crippen molar-refractivity contribution in [2.75, 3.05) is 18.0 Å². The van der Waals surface area contributed by atoms with E-state index in [-0.39, 0.29) is 12.3 Å². The molecule has 0 bridgehead atoms. The van der Waals surface area contributed by atoms with Crippen LogP contribution in [0.3, 0.4) is 0 Å². The number of nitrogens with two attached hydrogens (primary N) is 1. The first kappa shape index (κ1) is 12.7. The fourth-order valence-corrected chi connectivity index (χ4v) is 2.36. The molecule has 96 valence electrons. The van der Waals surface area contributed by atoms with Crippen LogP contribution in [0.2, 0.25) is 5.02 Å². The van der Waals surface area contributed by atoms with Gasteiger partial charge >= 0.3 is 5.97 Å². The van der Waals surface area contributed by atoms with Crippen LogP contribution in [0.15, 0.2) is 18.2 Å². The summed E-state index contributed by atoms with van der Waals surface area (Å²) in [4.78, 5) is 23.5. The number of nitrogens with zero attached hydrogens (tertiary/aromatic N) is 1. The quantitative estimate of drug-likeness (QED) is 0.863. The number of carboxylic acid groups (broad SMARTS) is 1. The molecule has 0 aliphatic carbocycles. The summed E-state index contributed by atoms with van der Waals surface area (Å²) < 4.78 is 0. The maximum absolute atomic E-state index is 11.0. The molecule has 1 aromatic rings. The van der Waals surface area contributed by atoms with E-state index in [1.165, 1.54) is 6.07 Å². The van der Waals surface area contributed by atoms with Crippen LogP contribution in [-0.4, -0.2) is 30.1 Å². The van der Waals surface area contributed by atoms with Crippen LogP contribution >= 0.6 is 11.6 Å². The van der Waals surface area contributed by atoms with Gasteiger partial charge < -0.3 is 15.7 Å². The minimum absolute atomic E-state index is 0.161. The molecule has 0 saturated carbocycles. The van der Waals surface area contributed by atoms with Gasteiger partial charge in [0.05, 0.1) is 17.1 Å². The largest absolute Gasteiger partial charge is 0.481 e. The van der Waals surface area contributed by atoms with Gasteiger partial charge in [0.25, 0.3) is 0 Å². The summed E-state index contributed by atoms with van der Waals surface area (Å²) in [6.07, 6.45) is 0.174. The Bertz CT molecular complexity index is 498. The number of amides is 1. The fourth-order valence-electron chi connectivity index (χ4n) is 2.06. The molecule has 1 saturated heterocycles. The Morgan fingerprint density at radius 2 is 2.11 bits per heavy atom. The predicted molar refractivity (Wildman–Crippen MR) is 67.9 cm³/mol. The maximum Gasteiger partial charge on any atom is 0.303 e. The number of benzene rings is 1. The lowest BCUT2D eigenvalue weighted by atomic mass is 9.95. The molecule has 0 atom stereocenters. The Balaban J connectivity index is 2.04. The minimum atomic E-state index is -0.783. The van der Waals surface area contributed by atoms with Crippen LogP contribution in [0.5, 0.6) is 0 Å². The van der Waals surface area contributed by atoms with Crippen LogP contribution in [0.1, 0.15) is 16.8 Å². The van der Waals surface area contributed by atoms with Gasteiger partial charge in [-0.05, 0) is 18.2 Å². The Labute approximate surface area is 109 Å². The van der Waals surface area contributed by atoms with Gasteiger partial charge in [-0.1, -0.05) is 11.6 Å². The molecule has 1 fully saturated rings. The van der Waals surface area contributed by atoms with Gasteiger partial charge in [0.15, 0.2) is 0 Å². The zero-order chi connectivity index (χ0) is 13.3. The van der Waals surface area contributed by atoms with Crippen LogP contribution in [-0.2, 0) is 4.79 Å². The minimum Gasteiger partial charge on any atom is -0.481 e. The maximum atomic E-state index is 11.0. The molecule has 3 N–H and O–H groups in total. The van der Waals surface area contributed by atoms with Crippen LogP contribution in [0.25, 0.3) is 0 Å². The Kier molecular flexibility index (Phi) is 3.43. The standard InChI is InChI=1S/C12H13ClN2O3/c13-9-4-8(12(14)18)1-2-10(9)15-5-7(6-15)3-11(16)17/h1-2,4,7H,3,5-6H2,(H2,14,18)(H,16,17). The van der Waals surface area contributed by atoms with E-state index in [2.05, 4.69) is 0 Å². The number of aliphatic carboxylic acids is 1. The van der Waals surface area contributed by atoms with Gasteiger partial charge in [0, 0.05) is 24.6 Å². The van der Waals surface area contributed by atoms with E-state index in [9.17, 15) is 9.59 Å². The summed E-state index contributed by atoms with van der Waals surface area (Å²) in [5.74, 6) is -1.14. The zero-order valence-electron chi connectivity index (χ0n) is 9.60. The van der Waals surface area contributed by atoms with E-state index in [1.807, 2.05) is 4.90 Å². The highest BCUT2D eigenvalue weighted by Gasteiger charge is 2.29. The van der Waals surface area contributed by atoms with E-state index in [0.717, 1.165) is 5.69 Å². The van der Waals surface area contributed by atoms with Crippen LogP contribution in [0.4, 0.5) is 5.69 Å². The first-order valence-electron chi connectivity index (χ1n) is 5.53. The second-order valence-electron chi connectivity index (χ2n) is 4.40. The topological polar surface area (TPSA) is 83.6 Å². The highest BCUT2D eigenvalue weighted by molar-refractivity contribution is 6.33. The van der Waals surface area contributed by atoms with Gasteiger partial charge in [-0.3, -0.25) is 9.59 Å². The molecule has 2 rings (SSSR count). The van der Waals surface area contributed by atoms with Gasteiger partial charge in [-0.25, -0.2) is 0 Å². The molecule has 0 radical (unpaired) electrons. The summed E-state index contributed by atoms with van der Waals surface area (Å²) in [7, 11) is 0. The number of hydrogen-bond acceptors (Lipinski definition) is 3. The number of primary amides is 1.